The number of hydrogen-bond donors (Lipinski definition) is 1. The lowest BCUT2D eigenvalue weighted by Crippen LogP contribution is -2.48. The molecular formula is C20H20BrN3O3. The number of carbonyl (C=O) groups excluding carboxylic acids is 3. The number of carbonyl (C=O) groups is 3. The molecule has 2 aromatic carbocycles. The second-order valence-electron chi connectivity index (χ2n) is 6.24. The molecule has 1 fully saturated rings. The molecule has 0 bridgehead atoms. The Kier molecular flexibility index (Phi) is 6.24. The molecule has 7 heteroatoms. The third kappa shape index (κ3) is 4.95. The van der Waals surface area contributed by atoms with Crippen LogP contribution in [0.5, 0.6) is 0 Å². The number of nitrogens with one attached hydrogen (secondary N) is 1. The fraction of sp³-hybridized carbons (Fsp3) is 0.250. The van der Waals surface area contributed by atoms with E-state index in [0.29, 0.717) is 25.1 Å². The van der Waals surface area contributed by atoms with E-state index < -0.39 is 0 Å². The average Bonchev–Trinajstić information content (AvgIpc) is 3.17. The van der Waals surface area contributed by atoms with Crippen LogP contribution in [-0.2, 0) is 16.0 Å². The van der Waals surface area contributed by atoms with Crippen LogP contribution in [0.25, 0.3) is 0 Å². The van der Waals surface area contributed by atoms with Crippen molar-refractivity contribution in [3.05, 3.63) is 70.2 Å². The topological polar surface area (TPSA) is 69.7 Å². The van der Waals surface area contributed by atoms with Crippen LogP contribution in [-0.4, -0.2) is 47.4 Å². The zero-order valence-electron chi connectivity index (χ0n) is 14.7. The lowest BCUT2D eigenvalue weighted by atomic mass is 10.1. The molecule has 1 aliphatic heterocycles. The first-order chi connectivity index (χ1) is 13.0. The van der Waals surface area contributed by atoms with Gasteiger partial charge in [0.05, 0.1) is 13.0 Å². The minimum Gasteiger partial charge on any atom is -0.347 e. The van der Waals surface area contributed by atoms with Gasteiger partial charge in [-0.3, -0.25) is 14.4 Å². The smallest absolute Gasteiger partial charge is 0.272 e. The molecule has 0 saturated carbocycles. The molecule has 0 aromatic heterocycles. The summed E-state index contributed by atoms with van der Waals surface area (Å²) < 4.78 is 0.884. The quantitative estimate of drug-likeness (QED) is 0.792. The van der Waals surface area contributed by atoms with Crippen molar-refractivity contribution >= 4 is 33.7 Å². The molecule has 0 spiro atoms. The summed E-state index contributed by atoms with van der Waals surface area (Å²) in [6, 6.07) is 16.4. The first-order valence-electron chi connectivity index (χ1n) is 8.73. The molecule has 1 saturated heterocycles. The fourth-order valence-electron chi connectivity index (χ4n) is 2.93. The Morgan fingerprint density at radius 3 is 2.30 bits per heavy atom. The monoisotopic (exact) mass is 429 g/mol. The summed E-state index contributed by atoms with van der Waals surface area (Å²) in [7, 11) is 0. The van der Waals surface area contributed by atoms with E-state index in [4.69, 9.17) is 0 Å². The SMILES string of the molecule is O=C(Cc1ccccc1)NCC(=O)N1CCCN1C(=O)c1ccc(Br)cc1. The maximum atomic E-state index is 12.7. The highest BCUT2D eigenvalue weighted by atomic mass is 79.9. The van der Waals surface area contributed by atoms with Crippen LogP contribution in [0.4, 0.5) is 0 Å². The van der Waals surface area contributed by atoms with Crippen LogP contribution in [0.2, 0.25) is 0 Å². The molecule has 6 nitrogen and oxygen atoms in total. The molecule has 0 atom stereocenters. The molecule has 1 N–H and O–H groups in total. The summed E-state index contributed by atoms with van der Waals surface area (Å²) in [6.45, 7) is 0.823. The molecule has 140 valence electrons. The fourth-order valence-corrected chi connectivity index (χ4v) is 3.20. The first-order valence-corrected chi connectivity index (χ1v) is 9.52. The molecule has 2 aromatic rings. The molecule has 3 rings (SSSR count). The predicted octanol–water partition coefficient (Wildman–Crippen LogP) is 2.40. The number of halogens is 1. The van der Waals surface area contributed by atoms with Gasteiger partial charge >= 0.3 is 0 Å². The second kappa shape index (κ2) is 8.81. The zero-order valence-corrected chi connectivity index (χ0v) is 16.3. The maximum Gasteiger partial charge on any atom is 0.272 e. The van der Waals surface area contributed by atoms with Crippen molar-refractivity contribution in [3.63, 3.8) is 0 Å². The molecule has 0 aliphatic carbocycles. The van der Waals surface area contributed by atoms with E-state index >= 15 is 0 Å². The minimum absolute atomic E-state index is 0.129. The average molecular weight is 430 g/mol. The molecule has 0 radical (unpaired) electrons. The van der Waals surface area contributed by atoms with Crippen molar-refractivity contribution < 1.29 is 14.4 Å². The summed E-state index contributed by atoms with van der Waals surface area (Å²) >= 11 is 3.34. The van der Waals surface area contributed by atoms with Crippen molar-refractivity contribution in [1.82, 2.24) is 15.3 Å². The standard InChI is InChI=1S/C20H20BrN3O3/c21-17-9-7-16(8-10-17)20(27)24-12-4-11-23(24)19(26)14-22-18(25)13-15-5-2-1-3-6-15/h1-3,5-10H,4,11-14H2,(H,22,25). The van der Waals surface area contributed by atoms with Gasteiger partial charge in [0, 0.05) is 23.1 Å². The zero-order chi connectivity index (χ0) is 19.2. The highest BCUT2D eigenvalue weighted by Gasteiger charge is 2.31. The van der Waals surface area contributed by atoms with Gasteiger partial charge in [-0.05, 0) is 36.2 Å². The Labute approximate surface area is 166 Å². The summed E-state index contributed by atoms with van der Waals surface area (Å²) in [5.74, 6) is -0.733. The minimum atomic E-state index is -0.292. The Bertz CT molecular complexity index is 824. The summed E-state index contributed by atoms with van der Waals surface area (Å²) in [5.41, 5.74) is 1.40. The van der Waals surface area contributed by atoms with Crippen molar-refractivity contribution in [2.45, 2.75) is 12.8 Å². The summed E-state index contributed by atoms with van der Waals surface area (Å²) in [4.78, 5) is 37.2. The van der Waals surface area contributed by atoms with E-state index in [9.17, 15) is 14.4 Å². The van der Waals surface area contributed by atoms with Gasteiger partial charge < -0.3 is 5.32 Å². The first kappa shape index (κ1) is 19.1. The summed E-state index contributed by atoms with van der Waals surface area (Å²) in [6.07, 6.45) is 0.932. The molecule has 27 heavy (non-hydrogen) atoms. The number of nitrogens with zero attached hydrogens (tertiary/aromatic N) is 2. The predicted molar refractivity (Wildman–Crippen MR) is 105 cm³/mol. The van der Waals surface area contributed by atoms with Crippen molar-refractivity contribution in [1.29, 1.82) is 0 Å². The van der Waals surface area contributed by atoms with Crippen LogP contribution in [0.15, 0.2) is 59.1 Å². The molecule has 3 amide bonds. The van der Waals surface area contributed by atoms with Gasteiger partial charge in [-0.1, -0.05) is 46.3 Å². The van der Waals surface area contributed by atoms with E-state index in [1.165, 1.54) is 10.0 Å². The second-order valence-corrected chi connectivity index (χ2v) is 7.16. The van der Waals surface area contributed by atoms with Gasteiger partial charge in [-0.15, -0.1) is 0 Å². The van der Waals surface area contributed by atoms with E-state index in [2.05, 4.69) is 21.2 Å². The molecule has 1 heterocycles. The Balaban J connectivity index is 1.56. The normalized spacial score (nSPS) is 13.5. The van der Waals surface area contributed by atoms with E-state index in [0.717, 1.165) is 10.0 Å². The van der Waals surface area contributed by atoms with E-state index in [1.807, 2.05) is 30.3 Å². The molecule has 1 aliphatic rings. The number of benzene rings is 2. The number of hydrazine groups is 1. The number of amides is 3. The molecular weight excluding hydrogens is 410 g/mol. The van der Waals surface area contributed by atoms with Gasteiger partial charge in [0.1, 0.15) is 0 Å². The van der Waals surface area contributed by atoms with Gasteiger partial charge in [0.15, 0.2) is 0 Å². The Hall–Kier alpha value is -2.67. The van der Waals surface area contributed by atoms with Crippen LogP contribution >= 0.6 is 15.9 Å². The van der Waals surface area contributed by atoms with Crippen molar-refractivity contribution in [2.75, 3.05) is 19.6 Å². The Morgan fingerprint density at radius 1 is 0.926 bits per heavy atom. The van der Waals surface area contributed by atoms with Gasteiger partial charge in [0.25, 0.3) is 11.8 Å². The van der Waals surface area contributed by atoms with Crippen LogP contribution < -0.4 is 5.32 Å². The molecule has 0 unspecified atom stereocenters. The number of rotatable bonds is 5. The Morgan fingerprint density at radius 2 is 1.59 bits per heavy atom. The van der Waals surface area contributed by atoms with Gasteiger partial charge in [-0.25, -0.2) is 10.0 Å². The highest BCUT2D eigenvalue weighted by molar-refractivity contribution is 9.10. The third-order valence-corrected chi connectivity index (χ3v) is 4.82. The van der Waals surface area contributed by atoms with Crippen LogP contribution in [0, 0.1) is 0 Å². The highest BCUT2D eigenvalue weighted by Crippen LogP contribution is 2.17. The maximum absolute atomic E-state index is 12.7. The van der Waals surface area contributed by atoms with Crippen molar-refractivity contribution in [3.8, 4) is 0 Å². The van der Waals surface area contributed by atoms with E-state index in [-0.39, 0.29) is 30.7 Å². The lowest BCUT2D eigenvalue weighted by molar-refractivity contribution is -0.140. The summed E-state index contributed by atoms with van der Waals surface area (Å²) in [5, 5.41) is 5.52. The largest absolute Gasteiger partial charge is 0.347 e. The van der Waals surface area contributed by atoms with Gasteiger partial charge in [0.2, 0.25) is 5.91 Å². The third-order valence-electron chi connectivity index (χ3n) is 4.29. The van der Waals surface area contributed by atoms with Gasteiger partial charge in [-0.2, -0.15) is 0 Å². The van der Waals surface area contributed by atoms with E-state index in [1.54, 1.807) is 24.3 Å². The number of hydrogen-bond acceptors (Lipinski definition) is 3. The lowest BCUT2D eigenvalue weighted by Gasteiger charge is -2.28. The van der Waals surface area contributed by atoms with Crippen molar-refractivity contribution in [2.24, 2.45) is 0 Å². The van der Waals surface area contributed by atoms with Crippen LogP contribution in [0.1, 0.15) is 22.3 Å². The van der Waals surface area contributed by atoms with Crippen LogP contribution in [0.3, 0.4) is 0 Å².